The number of hydrogen-bond donors (Lipinski definition) is 0. The quantitative estimate of drug-likeness (QED) is 0.197. The van der Waals surface area contributed by atoms with Gasteiger partial charge in [-0.1, -0.05) is 94.3 Å². The number of amides is 2. The van der Waals surface area contributed by atoms with E-state index in [1.807, 2.05) is 42.6 Å². The number of para-hydroxylation sites is 1. The first-order chi connectivity index (χ1) is 18.0. The largest absolute Gasteiger partial charge is 0.274 e. The lowest BCUT2D eigenvalue weighted by Gasteiger charge is -2.48. The average molecular weight is 568 g/mol. The molecule has 37 heavy (non-hydrogen) atoms. The molecule has 0 N–H and O–H groups in total. The van der Waals surface area contributed by atoms with Gasteiger partial charge < -0.3 is 0 Å². The number of carbonyl (C=O) groups is 2. The summed E-state index contributed by atoms with van der Waals surface area (Å²) < 4.78 is 0.917. The molecule has 0 radical (unpaired) electrons. The lowest BCUT2D eigenvalue weighted by Crippen LogP contribution is -2.51. The van der Waals surface area contributed by atoms with Crippen LogP contribution in [0.2, 0.25) is 5.02 Å². The highest BCUT2D eigenvalue weighted by atomic mass is 79.9. The Morgan fingerprint density at radius 1 is 0.865 bits per heavy atom. The Morgan fingerprint density at radius 3 is 2.41 bits per heavy atom. The lowest BCUT2D eigenvalue weighted by molar-refractivity contribution is -0.122. The molecule has 4 aromatic rings. The zero-order valence-electron chi connectivity index (χ0n) is 19.5. The smallest absolute Gasteiger partial charge is 0.239 e. The van der Waals surface area contributed by atoms with Gasteiger partial charge in [0.25, 0.3) is 0 Å². The van der Waals surface area contributed by atoms with Crippen LogP contribution in [0.1, 0.15) is 28.2 Å². The van der Waals surface area contributed by atoms with Crippen LogP contribution in [0.15, 0.2) is 107 Å². The summed E-state index contributed by atoms with van der Waals surface area (Å²) in [7, 11) is 0. The molecule has 0 unspecified atom stereocenters. The monoisotopic (exact) mass is 566 g/mol. The van der Waals surface area contributed by atoms with Crippen molar-refractivity contribution in [2.45, 2.75) is 11.3 Å². The van der Waals surface area contributed by atoms with E-state index >= 15 is 0 Å². The van der Waals surface area contributed by atoms with Crippen LogP contribution < -0.4 is 4.90 Å². The number of aliphatic imine (C=N–C) groups is 1. The zero-order chi connectivity index (χ0) is 25.3. The minimum atomic E-state index is -0.929. The topological polar surface area (TPSA) is 49.7 Å². The minimum Gasteiger partial charge on any atom is -0.274 e. The maximum Gasteiger partial charge on any atom is 0.239 e. The highest BCUT2D eigenvalue weighted by Crippen LogP contribution is 2.60. The van der Waals surface area contributed by atoms with Crippen LogP contribution in [0.5, 0.6) is 0 Å². The second-order valence-electron chi connectivity index (χ2n) is 9.76. The van der Waals surface area contributed by atoms with E-state index in [0.717, 1.165) is 32.4 Å². The number of benzene rings is 4. The molecule has 1 heterocycles. The van der Waals surface area contributed by atoms with E-state index < -0.39 is 17.3 Å². The van der Waals surface area contributed by atoms with Gasteiger partial charge >= 0.3 is 0 Å². The van der Waals surface area contributed by atoms with Crippen molar-refractivity contribution in [2.75, 3.05) is 4.90 Å². The van der Waals surface area contributed by atoms with E-state index in [1.54, 1.807) is 24.3 Å². The molecule has 5 aliphatic carbocycles. The fourth-order valence-corrected chi connectivity index (χ4v) is 7.14. The summed E-state index contributed by atoms with van der Waals surface area (Å²) in [6, 6.07) is 31.3. The first-order valence-corrected chi connectivity index (χ1v) is 13.3. The van der Waals surface area contributed by atoms with Gasteiger partial charge in [0.1, 0.15) is 0 Å². The Bertz CT molecular complexity index is 1630. The Labute approximate surface area is 227 Å². The second-order valence-corrected chi connectivity index (χ2v) is 11.1. The summed E-state index contributed by atoms with van der Waals surface area (Å²) in [5.41, 5.74) is 4.32. The predicted octanol–water partition coefficient (Wildman–Crippen LogP) is 7.06. The van der Waals surface area contributed by atoms with Crippen molar-refractivity contribution in [1.29, 1.82) is 0 Å². The van der Waals surface area contributed by atoms with E-state index in [-0.39, 0.29) is 17.7 Å². The van der Waals surface area contributed by atoms with Gasteiger partial charge in [0.05, 0.1) is 33.6 Å². The van der Waals surface area contributed by atoms with Gasteiger partial charge in [-0.05, 0) is 52.6 Å². The number of nitrogens with zero attached hydrogens (tertiary/aromatic N) is 2. The van der Waals surface area contributed by atoms with Gasteiger partial charge in [-0.25, -0.2) is 4.90 Å². The summed E-state index contributed by atoms with van der Waals surface area (Å²) in [5, 5.41) is 0.375. The normalized spacial score (nSPS) is 25.4. The van der Waals surface area contributed by atoms with Gasteiger partial charge in [-0.2, -0.15) is 0 Å². The first-order valence-electron chi connectivity index (χ1n) is 12.1. The third-order valence-corrected chi connectivity index (χ3v) is 8.82. The Balaban J connectivity index is 1.53. The molecule has 0 spiro atoms. The summed E-state index contributed by atoms with van der Waals surface area (Å²) in [6.45, 7) is 0. The second kappa shape index (κ2) is 8.23. The number of carbonyl (C=O) groups excluding carboxylic acids is 2. The van der Waals surface area contributed by atoms with Crippen molar-refractivity contribution in [2.24, 2.45) is 16.8 Å². The molecule has 0 aromatic heterocycles. The highest BCUT2D eigenvalue weighted by Gasteiger charge is 2.65. The molecule has 4 nitrogen and oxygen atoms in total. The maximum absolute atomic E-state index is 14.4. The average Bonchev–Trinajstić information content (AvgIpc) is 3.15. The van der Waals surface area contributed by atoms with Gasteiger partial charge in [0, 0.05) is 16.6 Å². The van der Waals surface area contributed by atoms with Crippen molar-refractivity contribution in [3.63, 3.8) is 0 Å². The third kappa shape index (κ3) is 3.11. The van der Waals surface area contributed by atoms with Crippen molar-refractivity contribution in [3.05, 3.63) is 129 Å². The molecule has 1 saturated heterocycles. The minimum absolute atomic E-state index is 0.217. The molecule has 1 aliphatic heterocycles. The van der Waals surface area contributed by atoms with Crippen LogP contribution in [-0.2, 0) is 15.0 Å². The van der Waals surface area contributed by atoms with E-state index in [4.69, 9.17) is 16.6 Å². The number of halogens is 2. The van der Waals surface area contributed by atoms with Crippen LogP contribution in [-0.4, -0.2) is 18.0 Å². The predicted molar refractivity (Wildman–Crippen MR) is 149 cm³/mol. The molecule has 4 aromatic carbocycles. The molecule has 4 atom stereocenters. The van der Waals surface area contributed by atoms with Crippen LogP contribution >= 0.6 is 27.5 Å². The fraction of sp³-hybridized carbons (Fsp3) is 0.129. The summed E-state index contributed by atoms with van der Waals surface area (Å²) in [6.07, 6.45) is 1.89. The molecular formula is C31H20BrClN2O2. The third-order valence-electron chi connectivity index (χ3n) is 8.01. The molecule has 10 rings (SSSR count). The number of anilines is 1. The summed E-state index contributed by atoms with van der Waals surface area (Å²) in [4.78, 5) is 34.9. The molecular weight excluding hydrogens is 548 g/mol. The highest BCUT2D eigenvalue weighted by molar-refractivity contribution is 9.10. The standard InChI is InChI=1S/C31H20BrClN2O2/c32-20-6-5-7-21(16-20)34-17-31-19-14-12-18(13-15-19)26(22-8-1-2-9-23(22)31)27-28(31)30(37)35(29(27)36)25-11-4-3-10-24(25)33/h1-17,26-28H/t26-,27+,28+,31-/m0/s1. The van der Waals surface area contributed by atoms with E-state index in [9.17, 15) is 9.59 Å². The van der Waals surface area contributed by atoms with Crippen LogP contribution in [0.3, 0.4) is 0 Å². The molecule has 180 valence electrons. The summed E-state index contributed by atoms with van der Waals surface area (Å²) in [5.74, 6) is -1.94. The zero-order valence-corrected chi connectivity index (χ0v) is 21.9. The fourth-order valence-electron chi connectivity index (χ4n) is 6.53. The molecule has 6 aliphatic rings. The summed E-state index contributed by atoms with van der Waals surface area (Å²) >= 11 is 10.1. The van der Waals surface area contributed by atoms with Gasteiger partial charge in [-0.15, -0.1) is 0 Å². The first kappa shape index (κ1) is 22.6. The number of rotatable bonds is 3. The van der Waals surface area contributed by atoms with E-state index in [0.29, 0.717) is 10.7 Å². The van der Waals surface area contributed by atoms with Gasteiger partial charge in [0.2, 0.25) is 11.8 Å². The van der Waals surface area contributed by atoms with Crippen LogP contribution in [0.4, 0.5) is 11.4 Å². The number of imide groups is 1. The van der Waals surface area contributed by atoms with Crippen molar-refractivity contribution >= 4 is 56.9 Å². The van der Waals surface area contributed by atoms with Gasteiger partial charge in [-0.3, -0.25) is 14.6 Å². The van der Waals surface area contributed by atoms with E-state index in [2.05, 4.69) is 52.3 Å². The van der Waals surface area contributed by atoms with E-state index in [1.165, 1.54) is 4.90 Å². The van der Waals surface area contributed by atoms with Crippen molar-refractivity contribution in [3.8, 4) is 0 Å². The lowest BCUT2D eigenvalue weighted by atomic mass is 9.52. The van der Waals surface area contributed by atoms with Crippen LogP contribution in [0, 0.1) is 11.8 Å². The number of hydrogen-bond acceptors (Lipinski definition) is 3. The Kier molecular flexibility index (Phi) is 5.04. The van der Waals surface area contributed by atoms with Gasteiger partial charge in [0.15, 0.2) is 0 Å². The Hall–Kier alpha value is -3.54. The molecule has 6 heteroatoms. The molecule has 0 saturated carbocycles. The molecule has 2 amide bonds. The maximum atomic E-state index is 14.4. The Morgan fingerprint density at radius 2 is 1.62 bits per heavy atom. The SMILES string of the molecule is O=C1[C@@H]2[C@H]3c4ccc(cc4)[C@@](C=Nc4cccc(Br)c4)(c4ccccc43)[C@H]2C(=O)N1c1ccccc1Cl. The van der Waals surface area contributed by atoms with Crippen molar-refractivity contribution < 1.29 is 9.59 Å². The van der Waals surface area contributed by atoms with Crippen LogP contribution in [0.25, 0.3) is 0 Å². The molecule has 4 bridgehead atoms. The molecule has 1 fully saturated rings. The van der Waals surface area contributed by atoms with Crippen molar-refractivity contribution in [1.82, 2.24) is 0 Å².